The van der Waals surface area contributed by atoms with Crippen molar-refractivity contribution in [2.75, 3.05) is 6.61 Å². The molecule has 0 radical (unpaired) electrons. The van der Waals surface area contributed by atoms with Crippen LogP contribution in [-0.4, -0.2) is 29.7 Å². The summed E-state index contributed by atoms with van der Waals surface area (Å²) in [5, 5.41) is 16.9. The Morgan fingerprint density at radius 1 is 1.43 bits per heavy atom. The lowest BCUT2D eigenvalue weighted by atomic mass is 10.2. The highest BCUT2D eigenvalue weighted by Crippen LogP contribution is 2.15. The Balaban J connectivity index is 1.92. The maximum atomic E-state index is 11.7. The monoisotopic (exact) mass is 332 g/mol. The van der Waals surface area contributed by atoms with Gasteiger partial charge in [-0.05, 0) is 19.1 Å². The highest BCUT2D eigenvalue weighted by atomic mass is 32.1. The molecule has 120 valence electrons. The minimum atomic E-state index is -1.32. The Kier molecular flexibility index (Phi) is 5.81. The number of hydrazone groups is 1. The van der Waals surface area contributed by atoms with E-state index in [1.54, 1.807) is 24.3 Å². The third-order valence-electron chi connectivity index (χ3n) is 2.64. The Morgan fingerprint density at radius 2 is 2.22 bits per heavy atom. The van der Waals surface area contributed by atoms with Gasteiger partial charge in [-0.3, -0.25) is 4.79 Å². The number of para-hydroxylation sites is 1. The summed E-state index contributed by atoms with van der Waals surface area (Å²) in [4.78, 5) is 26.4. The van der Waals surface area contributed by atoms with Crippen LogP contribution >= 0.6 is 11.3 Å². The topological polar surface area (TPSA) is 104 Å². The number of hydrogen-bond acceptors (Lipinski definition) is 7. The lowest BCUT2D eigenvalue weighted by Gasteiger charge is -2.08. The molecule has 0 aliphatic rings. The molecule has 2 rings (SSSR count). The molecule has 1 aromatic carbocycles. The van der Waals surface area contributed by atoms with E-state index in [1.165, 1.54) is 17.6 Å². The van der Waals surface area contributed by atoms with E-state index < -0.39 is 12.6 Å². The molecule has 8 heteroatoms. The Labute approximate surface area is 136 Å². The van der Waals surface area contributed by atoms with E-state index in [1.807, 2.05) is 12.3 Å². The summed E-state index contributed by atoms with van der Waals surface area (Å²) in [5.74, 6) is -1.27. The number of hydrogen-bond donors (Lipinski definition) is 1. The van der Waals surface area contributed by atoms with Gasteiger partial charge in [-0.25, -0.2) is 10.4 Å². The quantitative estimate of drug-likeness (QED) is 0.579. The molecule has 23 heavy (non-hydrogen) atoms. The summed E-state index contributed by atoms with van der Waals surface area (Å²) in [5.41, 5.74) is 3.81. The number of benzene rings is 1. The molecule has 0 spiro atoms. The number of nitrogens with one attached hydrogen (secondary N) is 1. The second-order valence-electron chi connectivity index (χ2n) is 4.55. The van der Waals surface area contributed by atoms with Gasteiger partial charge < -0.3 is 14.6 Å². The van der Waals surface area contributed by atoms with Gasteiger partial charge in [-0.1, -0.05) is 12.1 Å². The molecule has 1 amide bonds. The number of carbonyl (C=O) groups excluding carboxylic acids is 2. The first-order valence-corrected chi connectivity index (χ1v) is 7.57. The largest absolute Gasteiger partial charge is 0.546 e. The van der Waals surface area contributed by atoms with Crippen LogP contribution in [0.2, 0.25) is 0 Å². The molecule has 0 unspecified atom stereocenters. The minimum absolute atomic E-state index is 0.151. The summed E-state index contributed by atoms with van der Waals surface area (Å²) in [7, 11) is 0. The first-order chi connectivity index (χ1) is 11.0. The minimum Gasteiger partial charge on any atom is -0.546 e. The number of aryl methyl sites for hydroxylation is 1. The van der Waals surface area contributed by atoms with Crippen molar-refractivity contribution in [3.05, 3.63) is 45.9 Å². The van der Waals surface area contributed by atoms with Crippen LogP contribution in [-0.2, 0) is 16.0 Å². The molecule has 2 aromatic rings. The molecular weight excluding hydrogens is 318 g/mol. The van der Waals surface area contributed by atoms with E-state index in [4.69, 9.17) is 4.74 Å². The second kappa shape index (κ2) is 8.04. The number of aliphatic carboxylic acids is 1. The Morgan fingerprint density at radius 3 is 2.91 bits per heavy atom. The highest BCUT2D eigenvalue weighted by Gasteiger charge is 2.06. The smallest absolute Gasteiger partial charge is 0.246 e. The molecular formula is C15H14N3O4S-. The standard InChI is InChI=1S/C15H15N3O4S/c1-10-9-23-14(17-10)6-13(19)18-16-7-11-4-2-3-5-12(11)22-8-15(20)21/h2-5,7,9H,6,8H2,1H3,(H,18,19)(H,20,21)/p-1/b16-7-. The summed E-state index contributed by atoms with van der Waals surface area (Å²) in [6, 6.07) is 6.73. The molecule has 1 heterocycles. The van der Waals surface area contributed by atoms with E-state index >= 15 is 0 Å². The number of thiazole rings is 1. The van der Waals surface area contributed by atoms with Crippen molar-refractivity contribution in [2.45, 2.75) is 13.3 Å². The zero-order chi connectivity index (χ0) is 16.7. The van der Waals surface area contributed by atoms with E-state index in [2.05, 4.69) is 15.5 Å². The highest BCUT2D eigenvalue weighted by molar-refractivity contribution is 7.09. The molecule has 0 saturated carbocycles. The number of rotatable bonds is 7. The molecule has 0 bridgehead atoms. The summed E-state index contributed by atoms with van der Waals surface area (Å²) in [6.07, 6.45) is 1.54. The molecule has 7 nitrogen and oxygen atoms in total. The van der Waals surface area contributed by atoms with Gasteiger partial charge in [0.05, 0.1) is 18.6 Å². The molecule has 1 N–H and O–H groups in total. The number of carboxylic acids is 1. The summed E-state index contributed by atoms with van der Waals surface area (Å²) in [6.45, 7) is 1.31. The predicted octanol–water partition coefficient (Wildman–Crippen LogP) is 0.273. The lowest BCUT2D eigenvalue weighted by molar-refractivity contribution is -0.307. The van der Waals surface area contributed by atoms with Crippen LogP contribution in [0.4, 0.5) is 0 Å². The van der Waals surface area contributed by atoms with Crippen molar-refractivity contribution in [1.29, 1.82) is 0 Å². The van der Waals surface area contributed by atoms with Crippen molar-refractivity contribution < 1.29 is 19.4 Å². The lowest BCUT2D eigenvalue weighted by Crippen LogP contribution is -2.29. The van der Waals surface area contributed by atoms with Gasteiger partial charge in [-0.15, -0.1) is 11.3 Å². The SMILES string of the molecule is Cc1csc(CC(=O)N/N=C\c2ccccc2OCC(=O)[O-])n1. The van der Waals surface area contributed by atoms with Crippen LogP contribution in [0.3, 0.4) is 0 Å². The summed E-state index contributed by atoms with van der Waals surface area (Å²) < 4.78 is 5.08. The van der Waals surface area contributed by atoms with Gasteiger partial charge >= 0.3 is 0 Å². The van der Waals surface area contributed by atoms with Gasteiger partial charge in [0.2, 0.25) is 5.91 Å². The van der Waals surface area contributed by atoms with Crippen molar-refractivity contribution in [1.82, 2.24) is 10.4 Å². The number of amides is 1. The van der Waals surface area contributed by atoms with Crippen LogP contribution in [0.25, 0.3) is 0 Å². The second-order valence-corrected chi connectivity index (χ2v) is 5.49. The zero-order valence-corrected chi connectivity index (χ0v) is 13.1. The van der Waals surface area contributed by atoms with E-state index in [0.717, 1.165) is 5.69 Å². The van der Waals surface area contributed by atoms with Crippen molar-refractivity contribution in [3.63, 3.8) is 0 Å². The van der Waals surface area contributed by atoms with Crippen LogP contribution < -0.4 is 15.3 Å². The first-order valence-electron chi connectivity index (χ1n) is 6.69. The van der Waals surface area contributed by atoms with E-state index in [9.17, 15) is 14.7 Å². The van der Waals surface area contributed by atoms with E-state index in [-0.39, 0.29) is 12.3 Å². The van der Waals surface area contributed by atoms with Crippen LogP contribution in [0.1, 0.15) is 16.3 Å². The normalized spacial score (nSPS) is 10.7. The molecule has 0 aliphatic carbocycles. The van der Waals surface area contributed by atoms with Gasteiger partial charge in [0.1, 0.15) is 17.4 Å². The van der Waals surface area contributed by atoms with Gasteiger partial charge in [0, 0.05) is 16.6 Å². The number of aromatic nitrogens is 1. The first kappa shape index (κ1) is 16.6. The number of ether oxygens (including phenoxy) is 1. The fourth-order valence-corrected chi connectivity index (χ4v) is 2.46. The average molecular weight is 332 g/mol. The maximum Gasteiger partial charge on any atom is 0.246 e. The van der Waals surface area contributed by atoms with Gasteiger partial charge in [-0.2, -0.15) is 5.10 Å². The Hall–Kier alpha value is -2.74. The Bertz CT molecular complexity index is 727. The average Bonchev–Trinajstić information content (AvgIpc) is 2.91. The maximum absolute atomic E-state index is 11.7. The molecule has 0 aliphatic heterocycles. The van der Waals surface area contributed by atoms with Gasteiger partial charge in [0.25, 0.3) is 0 Å². The van der Waals surface area contributed by atoms with Gasteiger partial charge in [0.15, 0.2) is 0 Å². The van der Waals surface area contributed by atoms with E-state index in [0.29, 0.717) is 16.3 Å². The number of carboxylic acid groups (broad SMARTS) is 1. The van der Waals surface area contributed by atoms with Crippen LogP contribution in [0, 0.1) is 6.92 Å². The van der Waals surface area contributed by atoms with Crippen molar-refractivity contribution in [3.8, 4) is 5.75 Å². The van der Waals surface area contributed by atoms with Crippen LogP contribution in [0.5, 0.6) is 5.75 Å². The molecule has 0 atom stereocenters. The van der Waals surface area contributed by atoms with Crippen molar-refractivity contribution >= 4 is 29.4 Å². The molecule has 0 saturated heterocycles. The summed E-state index contributed by atoms with van der Waals surface area (Å²) >= 11 is 1.41. The number of carbonyl (C=O) groups is 2. The van der Waals surface area contributed by atoms with Crippen molar-refractivity contribution in [2.24, 2.45) is 5.10 Å². The molecule has 1 aromatic heterocycles. The number of nitrogens with zero attached hydrogens (tertiary/aromatic N) is 2. The molecule has 0 fully saturated rings. The third kappa shape index (κ3) is 5.51. The third-order valence-corrected chi connectivity index (χ3v) is 3.60. The fraction of sp³-hybridized carbons (Fsp3) is 0.200. The van der Waals surface area contributed by atoms with Crippen LogP contribution in [0.15, 0.2) is 34.7 Å². The predicted molar refractivity (Wildman–Crippen MR) is 83.2 cm³/mol. The fourth-order valence-electron chi connectivity index (χ4n) is 1.69. The zero-order valence-electron chi connectivity index (χ0n) is 12.3.